The van der Waals surface area contributed by atoms with Crippen LogP contribution in [0.15, 0.2) is 24.4 Å². The standard InChI is InChI=1S/C11H12ClN3OS/c1-16-10-3-2-7(4-9(10)12)15-11-14-6-8(5-13)17-11/h2-4,6H,5,13H2,1H3,(H,14,15). The second-order valence-electron chi connectivity index (χ2n) is 3.31. The van der Waals surface area contributed by atoms with Gasteiger partial charge in [-0.1, -0.05) is 11.6 Å². The summed E-state index contributed by atoms with van der Waals surface area (Å²) in [6.45, 7) is 0.503. The SMILES string of the molecule is COc1ccc(Nc2ncc(CN)s2)cc1Cl. The fourth-order valence-corrected chi connectivity index (χ4v) is 2.30. The highest BCUT2D eigenvalue weighted by Crippen LogP contribution is 2.29. The number of anilines is 2. The van der Waals surface area contributed by atoms with Crippen LogP contribution < -0.4 is 15.8 Å². The Labute approximate surface area is 108 Å². The Kier molecular flexibility index (Phi) is 3.83. The summed E-state index contributed by atoms with van der Waals surface area (Å²) in [4.78, 5) is 5.24. The molecule has 1 aromatic carbocycles. The first-order valence-corrected chi connectivity index (χ1v) is 6.17. The minimum absolute atomic E-state index is 0.503. The number of hydrogen-bond donors (Lipinski definition) is 2. The Morgan fingerprint density at radius 2 is 2.35 bits per heavy atom. The maximum Gasteiger partial charge on any atom is 0.187 e. The molecule has 2 aromatic rings. The Bertz CT molecular complexity index is 515. The molecule has 90 valence electrons. The Morgan fingerprint density at radius 3 is 2.94 bits per heavy atom. The van der Waals surface area contributed by atoms with Gasteiger partial charge in [-0.25, -0.2) is 4.98 Å². The molecule has 0 aliphatic heterocycles. The van der Waals surface area contributed by atoms with Crippen molar-refractivity contribution in [3.63, 3.8) is 0 Å². The molecule has 1 heterocycles. The van der Waals surface area contributed by atoms with Crippen molar-refractivity contribution < 1.29 is 4.74 Å². The van der Waals surface area contributed by atoms with Crippen LogP contribution in [-0.4, -0.2) is 12.1 Å². The smallest absolute Gasteiger partial charge is 0.187 e. The number of methoxy groups -OCH3 is 1. The largest absolute Gasteiger partial charge is 0.495 e. The number of aromatic nitrogens is 1. The van der Waals surface area contributed by atoms with Gasteiger partial charge in [0.1, 0.15) is 5.75 Å². The summed E-state index contributed by atoms with van der Waals surface area (Å²) in [5.74, 6) is 0.652. The van der Waals surface area contributed by atoms with Gasteiger partial charge in [0, 0.05) is 23.3 Å². The van der Waals surface area contributed by atoms with E-state index < -0.39 is 0 Å². The molecule has 2 rings (SSSR count). The van der Waals surface area contributed by atoms with Crippen LogP contribution in [0.3, 0.4) is 0 Å². The van der Waals surface area contributed by atoms with E-state index in [4.69, 9.17) is 22.1 Å². The van der Waals surface area contributed by atoms with Gasteiger partial charge in [0.2, 0.25) is 0 Å². The van der Waals surface area contributed by atoms with E-state index >= 15 is 0 Å². The van der Waals surface area contributed by atoms with Crippen molar-refractivity contribution in [3.8, 4) is 5.75 Å². The average Bonchev–Trinajstić information content (AvgIpc) is 2.77. The number of ether oxygens (including phenoxy) is 1. The topological polar surface area (TPSA) is 60.2 Å². The van der Waals surface area contributed by atoms with Gasteiger partial charge in [0.25, 0.3) is 0 Å². The number of benzene rings is 1. The number of rotatable bonds is 4. The molecular formula is C11H12ClN3OS. The minimum atomic E-state index is 0.503. The zero-order valence-electron chi connectivity index (χ0n) is 9.24. The molecule has 0 bridgehead atoms. The molecule has 0 amide bonds. The van der Waals surface area contributed by atoms with Crippen molar-refractivity contribution in [2.75, 3.05) is 12.4 Å². The highest BCUT2D eigenvalue weighted by atomic mass is 35.5. The Morgan fingerprint density at radius 1 is 1.53 bits per heavy atom. The van der Waals surface area contributed by atoms with Gasteiger partial charge in [-0.05, 0) is 18.2 Å². The molecule has 0 atom stereocenters. The van der Waals surface area contributed by atoms with Gasteiger partial charge in [-0.15, -0.1) is 11.3 Å². The van der Waals surface area contributed by atoms with Crippen molar-refractivity contribution in [1.82, 2.24) is 4.98 Å². The van der Waals surface area contributed by atoms with Gasteiger partial charge in [-0.3, -0.25) is 0 Å². The first kappa shape index (κ1) is 12.2. The average molecular weight is 270 g/mol. The number of nitrogens with zero attached hydrogens (tertiary/aromatic N) is 1. The molecule has 4 nitrogen and oxygen atoms in total. The van der Waals surface area contributed by atoms with E-state index in [-0.39, 0.29) is 0 Å². The Hall–Kier alpha value is -1.30. The quantitative estimate of drug-likeness (QED) is 0.896. The lowest BCUT2D eigenvalue weighted by Crippen LogP contribution is -1.91. The van der Waals surface area contributed by atoms with E-state index in [0.717, 1.165) is 15.7 Å². The summed E-state index contributed by atoms with van der Waals surface area (Å²) >= 11 is 7.55. The third-order valence-corrected chi connectivity index (χ3v) is 3.39. The summed E-state index contributed by atoms with van der Waals surface area (Å²) in [6, 6.07) is 5.49. The molecule has 17 heavy (non-hydrogen) atoms. The lowest BCUT2D eigenvalue weighted by Gasteiger charge is -2.06. The van der Waals surface area contributed by atoms with Crippen molar-refractivity contribution in [3.05, 3.63) is 34.3 Å². The van der Waals surface area contributed by atoms with Gasteiger partial charge in [0.15, 0.2) is 5.13 Å². The Balaban J connectivity index is 2.15. The molecule has 0 spiro atoms. The van der Waals surface area contributed by atoms with Gasteiger partial charge >= 0.3 is 0 Å². The molecule has 0 aliphatic rings. The van der Waals surface area contributed by atoms with E-state index in [1.54, 1.807) is 19.4 Å². The van der Waals surface area contributed by atoms with Crippen LogP contribution in [0, 0.1) is 0 Å². The van der Waals surface area contributed by atoms with Crippen LogP contribution in [0.4, 0.5) is 10.8 Å². The predicted molar refractivity (Wildman–Crippen MR) is 71.3 cm³/mol. The molecule has 6 heteroatoms. The van der Waals surface area contributed by atoms with Crippen LogP contribution in [0.5, 0.6) is 5.75 Å². The number of hydrogen-bond acceptors (Lipinski definition) is 5. The summed E-state index contributed by atoms with van der Waals surface area (Å²) in [7, 11) is 1.59. The lowest BCUT2D eigenvalue weighted by atomic mass is 10.3. The van der Waals surface area contributed by atoms with Crippen molar-refractivity contribution in [2.45, 2.75) is 6.54 Å². The van der Waals surface area contributed by atoms with E-state index in [0.29, 0.717) is 17.3 Å². The second-order valence-corrected chi connectivity index (χ2v) is 4.83. The first-order chi connectivity index (χ1) is 8.22. The van der Waals surface area contributed by atoms with Crippen LogP contribution in [0.25, 0.3) is 0 Å². The molecule has 0 saturated carbocycles. The van der Waals surface area contributed by atoms with Gasteiger partial charge in [-0.2, -0.15) is 0 Å². The first-order valence-electron chi connectivity index (χ1n) is 4.98. The molecule has 0 saturated heterocycles. The summed E-state index contributed by atoms with van der Waals surface area (Å²) in [5.41, 5.74) is 6.39. The monoisotopic (exact) mass is 269 g/mol. The number of nitrogens with one attached hydrogen (secondary N) is 1. The fraction of sp³-hybridized carbons (Fsp3) is 0.182. The second kappa shape index (κ2) is 5.35. The summed E-state index contributed by atoms with van der Waals surface area (Å²) in [6.07, 6.45) is 1.76. The molecular weight excluding hydrogens is 258 g/mol. The third kappa shape index (κ3) is 2.88. The zero-order valence-corrected chi connectivity index (χ0v) is 10.8. The van der Waals surface area contributed by atoms with Crippen molar-refractivity contribution >= 4 is 33.8 Å². The fourth-order valence-electron chi connectivity index (χ4n) is 1.33. The molecule has 0 radical (unpaired) electrons. The predicted octanol–water partition coefficient (Wildman–Crippen LogP) is 3.01. The van der Waals surface area contributed by atoms with Gasteiger partial charge < -0.3 is 15.8 Å². The summed E-state index contributed by atoms with van der Waals surface area (Å²) < 4.78 is 5.08. The summed E-state index contributed by atoms with van der Waals surface area (Å²) in [5, 5.41) is 4.52. The normalized spacial score (nSPS) is 10.3. The molecule has 0 aliphatic carbocycles. The highest BCUT2D eigenvalue weighted by Gasteiger charge is 2.04. The van der Waals surface area contributed by atoms with Crippen molar-refractivity contribution in [2.24, 2.45) is 5.73 Å². The minimum Gasteiger partial charge on any atom is -0.495 e. The van der Waals surface area contributed by atoms with Crippen LogP contribution in [0.2, 0.25) is 5.02 Å². The van der Waals surface area contributed by atoms with Gasteiger partial charge in [0.05, 0.1) is 12.1 Å². The number of thiazole rings is 1. The molecule has 0 fully saturated rings. The van der Waals surface area contributed by atoms with Crippen molar-refractivity contribution in [1.29, 1.82) is 0 Å². The van der Waals surface area contributed by atoms with E-state index in [2.05, 4.69) is 10.3 Å². The third-order valence-electron chi connectivity index (χ3n) is 2.16. The van der Waals surface area contributed by atoms with Crippen LogP contribution in [-0.2, 0) is 6.54 Å². The number of nitrogens with two attached hydrogens (primary N) is 1. The molecule has 1 aromatic heterocycles. The van der Waals surface area contributed by atoms with E-state index in [9.17, 15) is 0 Å². The van der Waals surface area contributed by atoms with E-state index in [1.165, 1.54) is 11.3 Å². The zero-order chi connectivity index (χ0) is 12.3. The lowest BCUT2D eigenvalue weighted by molar-refractivity contribution is 0.415. The number of halogens is 1. The maximum absolute atomic E-state index is 6.03. The van der Waals surface area contributed by atoms with Crippen LogP contribution in [0.1, 0.15) is 4.88 Å². The maximum atomic E-state index is 6.03. The highest BCUT2D eigenvalue weighted by molar-refractivity contribution is 7.15. The van der Waals surface area contributed by atoms with E-state index in [1.807, 2.05) is 12.1 Å². The molecule has 0 unspecified atom stereocenters. The molecule has 3 N–H and O–H groups in total. The van der Waals surface area contributed by atoms with Crippen LogP contribution >= 0.6 is 22.9 Å².